The third kappa shape index (κ3) is 6.09. The highest BCUT2D eigenvalue weighted by atomic mass is 16.4. The maximum Gasteiger partial charge on any atom is 0.322 e. The second kappa shape index (κ2) is 5.08. The number of quaternary nitrogens is 1. The molecule has 0 rings (SSSR count). The number of aliphatic carboxylic acids is 1. The van der Waals surface area contributed by atoms with Gasteiger partial charge >= 0.3 is 5.97 Å². The van der Waals surface area contributed by atoms with Crippen molar-refractivity contribution in [2.75, 3.05) is 33.7 Å². The fourth-order valence-corrected chi connectivity index (χ4v) is 0.847. The number of nitrogens with one attached hydrogen (secondary N) is 1. The van der Waals surface area contributed by atoms with Crippen LogP contribution >= 0.6 is 0 Å². The van der Waals surface area contributed by atoms with Gasteiger partial charge in [0.1, 0.15) is 6.54 Å². The molecule has 5 nitrogen and oxygen atoms in total. The molecule has 0 aromatic carbocycles. The molecule has 0 fully saturated rings. The highest BCUT2D eigenvalue weighted by Gasteiger charge is 2.14. The molecule has 0 heterocycles. The Labute approximate surface area is 72.7 Å². The monoisotopic (exact) mass is 176 g/mol. The number of nitrogens with two attached hydrogens (primary N) is 1. The third-order valence-electron chi connectivity index (χ3n) is 1.58. The SMILES string of the molecule is C[N+](C)(CCCN)NCC(=O)O. The van der Waals surface area contributed by atoms with Crippen LogP contribution in [-0.4, -0.2) is 49.4 Å². The minimum atomic E-state index is -0.839. The van der Waals surface area contributed by atoms with E-state index in [0.29, 0.717) is 11.1 Å². The summed E-state index contributed by atoms with van der Waals surface area (Å²) >= 11 is 0. The lowest BCUT2D eigenvalue weighted by atomic mass is 10.4. The predicted molar refractivity (Wildman–Crippen MR) is 46.3 cm³/mol. The lowest BCUT2D eigenvalue weighted by molar-refractivity contribution is -0.933. The largest absolute Gasteiger partial charge is 0.480 e. The molecule has 0 aliphatic carbocycles. The van der Waals surface area contributed by atoms with E-state index < -0.39 is 5.97 Å². The number of rotatable bonds is 6. The Hall–Kier alpha value is -0.650. The highest BCUT2D eigenvalue weighted by molar-refractivity contribution is 5.68. The molecule has 0 atom stereocenters. The predicted octanol–water partition coefficient (Wildman–Crippen LogP) is -0.999. The molecule has 4 N–H and O–H groups in total. The Bertz CT molecular complexity index is 148. The number of carboxylic acids is 1. The van der Waals surface area contributed by atoms with Crippen molar-refractivity contribution in [2.45, 2.75) is 6.42 Å². The average Bonchev–Trinajstić information content (AvgIpc) is 1.98. The summed E-state index contributed by atoms with van der Waals surface area (Å²) < 4.78 is 0.490. The fraction of sp³-hybridized carbons (Fsp3) is 0.857. The summed E-state index contributed by atoms with van der Waals surface area (Å²) in [6.07, 6.45) is 0.889. The van der Waals surface area contributed by atoms with Crippen molar-refractivity contribution < 1.29 is 14.5 Å². The molecule has 0 aliphatic heterocycles. The molecule has 0 aromatic heterocycles. The molecular formula is C7H18N3O2+. The summed E-state index contributed by atoms with van der Waals surface area (Å²) in [5, 5.41) is 8.41. The number of carboxylic acid groups (broad SMARTS) is 1. The standard InChI is InChI=1S/C7H17N3O2/c1-10(2,5-3-4-8)9-6-7(11)12/h9H,3-6,8H2,1-2H3/p+1. The summed E-state index contributed by atoms with van der Waals surface area (Å²) in [5.41, 5.74) is 8.21. The van der Waals surface area contributed by atoms with Crippen LogP contribution in [0.2, 0.25) is 0 Å². The quantitative estimate of drug-likeness (QED) is 0.358. The van der Waals surface area contributed by atoms with Crippen molar-refractivity contribution in [3.05, 3.63) is 0 Å². The lowest BCUT2D eigenvalue weighted by Crippen LogP contribution is -2.54. The molecule has 12 heavy (non-hydrogen) atoms. The van der Waals surface area contributed by atoms with Crippen molar-refractivity contribution in [2.24, 2.45) is 5.73 Å². The molecule has 0 radical (unpaired) electrons. The van der Waals surface area contributed by atoms with E-state index in [1.807, 2.05) is 14.1 Å². The normalized spacial score (nSPS) is 11.6. The van der Waals surface area contributed by atoms with Gasteiger partial charge in [0, 0.05) is 6.42 Å². The lowest BCUT2D eigenvalue weighted by Gasteiger charge is -2.28. The van der Waals surface area contributed by atoms with E-state index in [4.69, 9.17) is 10.8 Å². The van der Waals surface area contributed by atoms with E-state index in [0.717, 1.165) is 13.0 Å². The van der Waals surface area contributed by atoms with Crippen LogP contribution in [0.5, 0.6) is 0 Å². The molecule has 0 saturated heterocycles. The van der Waals surface area contributed by atoms with Crippen LogP contribution in [0.25, 0.3) is 0 Å². The van der Waals surface area contributed by atoms with Gasteiger partial charge in [-0.3, -0.25) is 4.79 Å². The molecule has 0 aliphatic rings. The summed E-state index contributed by atoms with van der Waals surface area (Å²) in [7, 11) is 3.83. The third-order valence-corrected chi connectivity index (χ3v) is 1.58. The first kappa shape index (κ1) is 11.4. The minimum absolute atomic E-state index is 0.0163. The first-order chi connectivity index (χ1) is 5.48. The Kier molecular flexibility index (Phi) is 4.80. The molecule has 0 saturated carbocycles. The molecule has 5 heteroatoms. The van der Waals surface area contributed by atoms with Crippen LogP contribution < -0.4 is 11.2 Å². The van der Waals surface area contributed by atoms with Crippen molar-refractivity contribution in [1.29, 1.82) is 0 Å². The van der Waals surface area contributed by atoms with Gasteiger partial charge in [0.25, 0.3) is 0 Å². The van der Waals surface area contributed by atoms with Crippen molar-refractivity contribution >= 4 is 5.97 Å². The number of hydrogen-bond donors (Lipinski definition) is 3. The van der Waals surface area contributed by atoms with E-state index in [9.17, 15) is 4.79 Å². The summed E-state index contributed by atoms with van der Waals surface area (Å²) in [4.78, 5) is 10.2. The summed E-state index contributed by atoms with van der Waals surface area (Å²) in [5.74, 6) is -0.839. The fourth-order valence-electron chi connectivity index (χ4n) is 0.847. The van der Waals surface area contributed by atoms with Crippen LogP contribution in [0.4, 0.5) is 0 Å². The second-order valence-electron chi connectivity index (χ2n) is 3.28. The molecule has 0 aromatic rings. The van der Waals surface area contributed by atoms with E-state index in [2.05, 4.69) is 5.43 Å². The van der Waals surface area contributed by atoms with Gasteiger partial charge in [0.05, 0.1) is 20.6 Å². The smallest absolute Gasteiger partial charge is 0.322 e. The van der Waals surface area contributed by atoms with Gasteiger partial charge < -0.3 is 10.8 Å². The van der Waals surface area contributed by atoms with Crippen LogP contribution in [0.3, 0.4) is 0 Å². The minimum Gasteiger partial charge on any atom is -0.480 e. The first-order valence-corrected chi connectivity index (χ1v) is 3.98. The van der Waals surface area contributed by atoms with Crippen LogP contribution in [0, 0.1) is 0 Å². The maximum atomic E-state index is 10.2. The van der Waals surface area contributed by atoms with E-state index >= 15 is 0 Å². The Balaban J connectivity index is 3.63. The van der Waals surface area contributed by atoms with Gasteiger partial charge in [-0.15, -0.1) is 0 Å². The van der Waals surface area contributed by atoms with Gasteiger partial charge in [0.15, 0.2) is 0 Å². The Morgan fingerprint density at radius 2 is 2.17 bits per heavy atom. The summed E-state index contributed by atoms with van der Waals surface area (Å²) in [6.45, 7) is 1.46. The molecule has 0 unspecified atom stereocenters. The molecule has 72 valence electrons. The van der Waals surface area contributed by atoms with E-state index in [1.54, 1.807) is 0 Å². The van der Waals surface area contributed by atoms with Crippen molar-refractivity contribution in [3.8, 4) is 0 Å². The zero-order chi connectivity index (χ0) is 9.61. The van der Waals surface area contributed by atoms with Crippen LogP contribution in [0.1, 0.15) is 6.42 Å². The highest BCUT2D eigenvalue weighted by Crippen LogP contribution is 1.91. The average molecular weight is 176 g/mol. The maximum absolute atomic E-state index is 10.2. The molecule has 0 bridgehead atoms. The van der Waals surface area contributed by atoms with Gasteiger partial charge in [0.2, 0.25) is 0 Å². The van der Waals surface area contributed by atoms with Gasteiger partial charge in [-0.25, -0.2) is 4.59 Å². The van der Waals surface area contributed by atoms with Crippen molar-refractivity contribution in [3.63, 3.8) is 0 Å². The van der Waals surface area contributed by atoms with Gasteiger partial charge in [-0.1, -0.05) is 0 Å². The van der Waals surface area contributed by atoms with Crippen LogP contribution in [-0.2, 0) is 4.79 Å². The summed E-state index contributed by atoms with van der Waals surface area (Å²) in [6, 6.07) is 0. The van der Waals surface area contributed by atoms with Gasteiger partial charge in [-0.2, -0.15) is 5.43 Å². The molecular weight excluding hydrogens is 158 g/mol. The van der Waals surface area contributed by atoms with E-state index in [1.165, 1.54) is 0 Å². The number of hydrogen-bond acceptors (Lipinski definition) is 3. The van der Waals surface area contributed by atoms with Gasteiger partial charge in [-0.05, 0) is 6.54 Å². The Morgan fingerprint density at radius 3 is 2.58 bits per heavy atom. The zero-order valence-corrected chi connectivity index (χ0v) is 7.71. The number of nitrogens with zero attached hydrogens (tertiary/aromatic N) is 1. The molecule has 0 amide bonds. The topological polar surface area (TPSA) is 75.3 Å². The first-order valence-electron chi connectivity index (χ1n) is 3.98. The number of carbonyl (C=O) groups is 1. The molecule has 0 spiro atoms. The second-order valence-corrected chi connectivity index (χ2v) is 3.28. The van der Waals surface area contributed by atoms with Crippen LogP contribution in [0.15, 0.2) is 0 Å². The van der Waals surface area contributed by atoms with Crippen molar-refractivity contribution in [1.82, 2.24) is 5.43 Å². The van der Waals surface area contributed by atoms with E-state index in [-0.39, 0.29) is 6.54 Å². The Morgan fingerprint density at radius 1 is 1.58 bits per heavy atom. The zero-order valence-electron chi connectivity index (χ0n) is 7.71.